The van der Waals surface area contributed by atoms with Crippen molar-refractivity contribution in [2.75, 3.05) is 6.61 Å². The number of benzene rings is 1. The van der Waals surface area contributed by atoms with Crippen molar-refractivity contribution in [1.82, 2.24) is 0 Å². The molecule has 0 unspecified atom stereocenters. The van der Waals surface area contributed by atoms with E-state index in [2.05, 4.69) is 29.5 Å². The highest BCUT2D eigenvalue weighted by Crippen LogP contribution is 2.10. The van der Waals surface area contributed by atoms with E-state index < -0.39 is 0 Å². The van der Waals surface area contributed by atoms with Crippen molar-refractivity contribution in [1.29, 1.82) is 0 Å². The number of hydrogen-bond donors (Lipinski definition) is 0. The van der Waals surface area contributed by atoms with Gasteiger partial charge in [-0.2, -0.15) is 0 Å². The Hall–Kier alpha value is -1.11. The maximum Gasteiger partial charge on any atom is 0.306 e. The molecular weight excluding hydrogens is 419 g/mol. The monoisotopic (exact) mass is 446 g/mol. The van der Waals surface area contributed by atoms with Crippen LogP contribution in [0.3, 0.4) is 0 Å². The Bertz CT molecular complexity index is 502. The summed E-state index contributed by atoms with van der Waals surface area (Å²) in [7, 11) is 0. The Morgan fingerprint density at radius 2 is 1.67 bits per heavy atom. The topological polar surface area (TPSA) is 52.6 Å². The average Bonchev–Trinajstić information content (AvgIpc) is 2.56. The first-order valence-electron chi connectivity index (χ1n) is 8.67. The lowest BCUT2D eigenvalue weighted by molar-refractivity contribution is -0.146. The Kier molecular flexibility index (Phi) is 11.5. The van der Waals surface area contributed by atoms with E-state index in [0.717, 1.165) is 22.0 Å². The molecule has 1 aromatic rings. The van der Waals surface area contributed by atoms with E-state index in [1.807, 2.05) is 24.3 Å². The number of hydrogen-bond acceptors (Lipinski definition) is 4. The minimum Gasteiger partial charge on any atom is -0.466 e. The van der Waals surface area contributed by atoms with E-state index in [1.165, 1.54) is 19.3 Å². The first-order valence-corrected chi connectivity index (χ1v) is 9.75. The third-order valence-corrected chi connectivity index (χ3v) is 4.23. The molecule has 24 heavy (non-hydrogen) atoms. The first kappa shape index (κ1) is 20.9. The van der Waals surface area contributed by atoms with Crippen LogP contribution in [0.4, 0.5) is 0 Å². The lowest BCUT2D eigenvalue weighted by Crippen LogP contribution is -2.09. The van der Waals surface area contributed by atoms with Gasteiger partial charge in [-0.05, 0) is 53.1 Å². The molecule has 1 aromatic carbocycles. The number of carbonyl (C=O) groups excluding carboxylic acids is 2. The number of unbranched alkanes of at least 4 members (excludes halogenated alkanes) is 4. The number of ether oxygens (including phenoxy) is 2. The van der Waals surface area contributed by atoms with Crippen LogP contribution < -0.4 is 0 Å². The largest absolute Gasteiger partial charge is 0.466 e. The molecule has 0 radical (unpaired) electrons. The molecule has 0 N–H and O–H groups in total. The second-order valence-electron chi connectivity index (χ2n) is 5.78. The maximum absolute atomic E-state index is 11.7. The molecule has 0 aliphatic carbocycles. The molecule has 5 heteroatoms. The summed E-state index contributed by atoms with van der Waals surface area (Å²) >= 11 is 2.22. The molecule has 1 rings (SSSR count). The van der Waals surface area contributed by atoms with Crippen LogP contribution in [0.25, 0.3) is 0 Å². The summed E-state index contributed by atoms with van der Waals surface area (Å²) in [6.45, 7) is 2.93. The van der Waals surface area contributed by atoms with Gasteiger partial charge in [0.2, 0.25) is 0 Å². The van der Waals surface area contributed by atoms with Crippen molar-refractivity contribution in [3.05, 3.63) is 33.4 Å². The standard InChI is InChI=1S/C19H27IO4/c1-2-3-4-5-6-13-23-18(21)11-8-12-19(22)24-15-16-9-7-10-17(20)14-16/h7,9-10,14H,2-6,8,11-13,15H2,1H3. The summed E-state index contributed by atoms with van der Waals surface area (Å²) in [4.78, 5) is 23.2. The van der Waals surface area contributed by atoms with Crippen LogP contribution in [0.2, 0.25) is 0 Å². The van der Waals surface area contributed by atoms with Gasteiger partial charge in [-0.25, -0.2) is 0 Å². The summed E-state index contributed by atoms with van der Waals surface area (Å²) in [6, 6.07) is 7.82. The summed E-state index contributed by atoms with van der Waals surface area (Å²) in [5, 5.41) is 0. The van der Waals surface area contributed by atoms with Crippen molar-refractivity contribution < 1.29 is 19.1 Å². The highest BCUT2D eigenvalue weighted by Gasteiger charge is 2.07. The van der Waals surface area contributed by atoms with Crippen LogP contribution in [0.5, 0.6) is 0 Å². The van der Waals surface area contributed by atoms with E-state index in [-0.39, 0.29) is 31.4 Å². The lowest BCUT2D eigenvalue weighted by atomic mass is 10.2. The van der Waals surface area contributed by atoms with Crippen LogP contribution >= 0.6 is 22.6 Å². The zero-order valence-corrected chi connectivity index (χ0v) is 16.5. The average molecular weight is 446 g/mol. The van der Waals surface area contributed by atoms with Gasteiger partial charge >= 0.3 is 11.9 Å². The van der Waals surface area contributed by atoms with Gasteiger partial charge in [-0.1, -0.05) is 44.7 Å². The molecule has 0 aliphatic rings. The molecule has 0 atom stereocenters. The molecule has 4 nitrogen and oxygen atoms in total. The van der Waals surface area contributed by atoms with Crippen LogP contribution in [-0.4, -0.2) is 18.5 Å². The molecule has 0 aliphatic heterocycles. The number of halogens is 1. The minimum atomic E-state index is -0.277. The Morgan fingerprint density at radius 1 is 0.958 bits per heavy atom. The van der Waals surface area contributed by atoms with E-state index in [1.54, 1.807) is 0 Å². The van der Waals surface area contributed by atoms with Crippen molar-refractivity contribution in [3.8, 4) is 0 Å². The van der Waals surface area contributed by atoms with Crippen LogP contribution in [0.1, 0.15) is 63.9 Å². The second-order valence-corrected chi connectivity index (χ2v) is 7.02. The SMILES string of the molecule is CCCCCCCOC(=O)CCCC(=O)OCc1cccc(I)c1. The predicted octanol–water partition coefficient (Wildman–Crippen LogP) is 5.02. The second kappa shape index (κ2) is 13.2. The Balaban J connectivity index is 2.03. The Morgan fingerprint density at radius 3 is 2.38 bits per heavy atom. The van der Waals surface area contributed by atoms with Crippen molar-refractivity contribution in [2.24, 2.45) is 0 Å². The molecule has 0 bridgehead atoms. The zero-order chi connectivity index (χ0) is 17.6. The quantitative estimate of drug-likeness (QED) is 0.257. The Labute approximate surface area is 158 Å². The van der Waals surface area contributed by atoms with E-state index in [4.69, 9.17) is 9.47 Å². The van der Waals surface area contributed by atoms with Crippen molar-refractivity contribution >= 4 is 34.5 Å². The van der Waals surface area contributed by atoms with Crippen LogP contribution in [-0.2, 0) is 25.7 Å². The highest BCUT2D eigenvalue weighted by molar-refractivity contribution is 14.1. The normalized spacial score (nSPS) is 10.4. The number of esters is 2. The lowest BCUT2D eigenvalue weighted by Gasteiger charge is -2.06. The summed E-state index contributed by atoms with van der Waals surface area (Å²) in [6.07, 6.45) is 6.65. The molecule has 0 spiro atoms. The van der Waals surface area contributed by atoms with Gasteiger partial charge < -0.3 is 9.47 Å². The fourth-order valence-corrected chi connectivity index (χ4v) is 2.81. The molecule has 0 fully saturated rings. The molecule has 134 valence electrons. The molecular formula is C19H27IO4. The van der Waals surface area contributed by atoms with Gasteiger partial charge in [-0.15, -0.1) is 0 Å². The third kappa shape index (κ3) is 10.6. The van der Waals surface area contributed by atoms with Crippen molar-refractivity contribution in [3.63, 3.8) is 0 Å². The van der Waals surface area contributed by atoms with Crippen LogP contribution in [0.15, 0.2) is 24.3 Å². The van der Waals surface area contributed by atoms with Gasteiger partial charge in [0.1, 0.15) is 6.61 Å². The number of carbonyl (C=O) groups is 2. The zero-order valence-electron chi connectivity index (χ0n) is 14.4. The molecule has 0 amide bonds. The van der Waals surface area contributed by atoms with E-state index in [0.29, 0.717) is 13.0 Å². The van der Waals surface area contributed by atoms with Gasteiger partial charge in [0.15, 0.2) is 0 Å². The van der Waals surface area contributed by atoms with E-state index >= 15 is 0 Å². The van der Waals surface area contributed by atoms with Gasteiger partial charge in [0.25, 0.3) is 0 Å². The summed E-state index contributed by atoms with van der Waals surface area (Å²) in [5.74, 6) is -0.503. The fraction of sp³-hybridized carbons (Fsp3) is 0.579. The molecule has 0 saturated heterocycles. The highest BCUT2D eigenvalue weighted by atomic mass is 127. The van der Waals surface area contributed by atoms with E-state index in [9.17, 15) is 9.59 Å². The maximum atomic E-state index is 11.7. The predicted molar refractivity (Wildman–Crippen MR) is 103 cm³/mol. The van der Waals surface area contributed by atoms with Crippen LogP contribution in [0, 0.1) is 3.57 Å². The summed E-state index contributed by atoms with van der Waals surface area (Å²) in [5.41, 5.74) is 0.970. The van der Waals surface area contributed by atoms with Gasteiger partial charge in [0.05, 0.1) is 6.61 Å². The van der Waals surface area contributed by atoms with Crippen molar-refractivity contribution in [2.45, 2.75) is 64.9 Å². The molecule has 0 heterocycles. The minimum absolute atomic E-state index is 0.226. The third-order valence-electron chi connectivity index (χ3n) is 3.56. The fourth-order valence-electron chi connectivity index (χ4n) is 2.20. The first-order chi connectivity index (χ1) is 11.6. The summed E-state index contributed by atoms with van der Waals surface area (Å²) < 4.78 is 11.5. The van der Waals surface area contributed by atoms with Gasteiger partial charge in [0, 0.05) is 16.4 Å². The smallest absolute Gasteiger partial charge is 0.306 e. The molecule has 0 saturated carbocycles. The number of rotatable bonds is 12. The molecule has 0 aromatic heterocycles. The van der Waals surface area contributed by atoms with Gasteiger partial charge in [-0.3, -0.25) is 9.59 Å².